The smallest absolute Gasteiger partial charge is 0.227 e. The Morgan fingerprint density at radius 2 is 2.33 bits per heavy atom. The molecular weight excluding hydrogens is 224 g/mol. The van der Waals surface area contributed by atoms with Gasteiger partial charge in [-0.2, -0.15) is 0 Å². The van der Waals surface area contributed by atoms with E-state index in [1.807, 2.05) is 12.1 Å². The van der Waals surface area contributed by atoms with Crippen molar-refractivity contribution in [2.45, 2.75) is 26.7 Å². The number of aryl methyl sites for hydroxylation is 1. The second-order valence-electron chi connectivity index (χ2n) is 5.12. The van der Waals surface area contributed by atoms with Crippen LogP contribution in [0.5, 0.6) is 0 Å². The number of carbonyl (C=O) groups is 1. The summed E-state index contributed by atoms with van der Waals surface area (Å²) in [6.07, 6.45) is 1.92. The molecule has 3 nitrogen and oxygen atoms in total. The number of hydrogen-bond donors (Lipinski definition) is 2. The third-order valence-corrected chi connectivity index (χ3v) is 3.72. The summed E-state index contributed by atoms with van der Waals surface area (Å²) in [6.45, 7) is 6.14. The summed E-state index contributed by atoms with van der Waals surface area (Å²) < 4.78 is 0. The van der Waals surface area contributed by atoms with Crippen molar-refractivity contribution >= 4 is 11.6 Å². The van der Waals surface area contributed by atoms with Crippen LogP contribution in [0, 0.1) is 11.8 Å². The third-order valence-electron chi connectivity index (χ3n) is 3.72. The number of carbonyl (C=O) groups excluding carboxylic acids is 1. The molecule has 0 saturated carbocycles. The predicted octanol–water partition coefficient (Wildman–Crippen LogP) is 2.43. The Balaban J connectivity index is 2.01. The Morgan fingerprint density at radius 3 is 3.06 bits per heavy atom. The molecule has 1 amide bonds. The van der Waals surface area contributed by atoms with Crippen LogP contribution >= 0.6 is 0 Å². The zero-order valence-corrected chi connectivity index (χ0v) is 11.2. The minimum Gasteiger partial charge on any atom is -0.326 e. The molecule has 3 heteroatoms. The van der Waals surface area contributed by atoms with Gasteiger partial charge >= 0.3 is 0 Å². The van der Waals surface area contributed by atoms with E-state index >= 15 is 0 Å². The summed E-state index contributed by atoms with van der Waals surface area (Å²) in [4.78, 5) is 12.2. The SMILES string of the molecule is CCc1cccc(NC(=O)C2CCNCC2C)c1. The third kappa shape index (κ3) is 3.10. The van der Waals surface area contributed by atoms with Crippen LogP contribution in [0.1, 0.15) is 25.8 Å². The summed E-state index contributed by atoms with van der Waals surface area (Å²) in [6, 6.07) is 8.11. The number of piperidine rings is 1. The molecule has 1 aromatic rings. The number of amides is 1. The summed E-state index contributed by atoms with van der Waals surface area (Å²) in [7, 11) is 0. The molecule has 2 rings (SSSR count). The molecule has 0 aromatic heterocycles. The first-order valence-corrected chi connectivity index (χ1v) is 6.81. The van der Waals surface area contributed by atoms with Gasteiger partial charge < -0.3 is 10.6 Å². The van der Waals surface area contributed by atoms with Crippen molar-refractivity contribution in [1.29, 1.82) is 0 Å². The molecule has 1 heterocycles. The second kappa shape index (κ2) is 6.01. The van der Waals surface area contributed by atoms with Gasteiger partial charge in [-0.15, -0.1) is 0 Å². The Kier molecular flexibility index (Phi) is 4.37. The Hall–Kier alpha value is -1.35. The van der Waals surface area contributed by atoms with Crippen LogP contribution in [0.2, 0.25) is 0 Å². The van der Waals surface area contributed by atoms with E-state index in [0.29, 0.717) is 5.92 Å². The van der Waals surface area contributed by atoms with E-state index in [1.54, 1.807) is 0 Å². The predicted molar refractivity (Wildman–Crippen MR) is 74.6 cm³/mol. The molecule has 2 unspecified atom stereocenters. The van der Waals surface area contributed by atoms with Gasteiger partial charge in [-0.25, -0.2) is 0 Å². The molecule has 1 aliphatic heterocycles. The lowest BCUT2D eigenvalue weighted by Crippen LogP contribution is -2.40. The highest BCUT2D eigenvalue weighted by atomic mass is 16.1. The van der Waals surface area contributed by atoms with Crippen LogP contribution in [0.25, 0.3) is 0 Å². The first-order valence-electron chi connectivity index (χ1n) is 6.81. The minimum absolute atomic E-state index is 0.136. The number of nitrogens with one attached hydrogen (secondary N) is 2. The van der Waals surface area contributed by atoms with E-state index in [9.17, 15) is 4.79 Å². The summed E-state index contributed by atoms with van der Waals surface area (Å²) in [5.41, 5.74) is 2.18. The van der Waals surface area contributed by atoms with Gasteiger partial charge in [-0.3, -0.25) is 4.79 Å². The maximum Gasteiger partial charge on any atom is 0.227 e. The quantitative estimate of drug-likeness (QED) is 0.860. The standard InChI is InChI=1S/C15H22N2O/c1-3-12-5-4-6-13(9-12)17-15(18)14-7-8-16-10-11(14)2/h4-6,9,11,14,16H,3,7-8,10H2,1-2H3,(H,17,18). The molecule has 2 atom stereocenters. The van der Waals surface area contributed by atoms with E-state index < -0.39 is 0 Å². The van der Waals surface area contributed by atoms with Crippen molar-refractivity contribution < 1.29 is 4.79 Å². The fraction of sp³-hybridized carbons (Fsp3) is 0.533. The van der Waals surface area contributed by atoms with Gasteiger partial charge in [-0.05, 0) is 49.5 Å². The van der Waals surface area contributed by atoms with Gasteiger partial charge in [0.25, 0.3) is 0 Å². The van der Waals surface area contributed by atoms with E-state index in [1.165, 1.54) is 5.56 Å². The first-order chi connectivity index (χ1) is 8.70. The minimum atomic E-state index is 0.136. The van der Waals surface area contributed by atoms with Gasteiger partial charge in [-0.1, -0.05) is 26.0 Å². The summed E-state index contributed by atoms with van der Waals surface area (Å²) in [5, 5.41) is 6.37. The van der Waals surface area contributed by atoms with Crippen molar-refractivity contribution in [1.82, 2.24) is 5.32 Å². The molecule has 1 aliphatic rings. The fourth-order valence-corrected chi connectivity index (χ4v) is 2.51. The Morgan fingerprint density at radius 1 is 1.50 bits per heavy atom. The first kappa shape index (κ1) is 13.1. The van der Waals surface area contributed by atoms with Gasteiger partial charge in [0.1, 0.15) is 0 Å². The molecule has 1 aromatic carbocycles. The highest BCUT2D eigenvalue weighted by Crippen LogP contribution is 2.21. The summed E-state index contributed by atoms with van der Waals surface area (Å²) in [5.74, 6) is 0.710. The van der Waals surface area contributed by atoms with Crippen LogP contribution in [-0.2, 0) is 11.2 Å². The number of anilines is 1. The number of rotatable bonds is 3. The molecule has 98 valence electrons. The van der Waals surface area contributed by atoms with Crippen molar-refractivity contribution in [3.63, 3.8) is 0 Å². The van der Waals surface area contributed by atoms with Crippen LogP contribution < -0.4 is 10.6 Å². The molecule has 0 spiro atoms. The van der Waals surface area contributed by atoms with Gasteiger partial charge in [0, 0.05) is 11.6 Å². The fourth-order valence-electron chi connectivity index (χ4n) is 2.51. The molecule has 0 aliphatic carbocycles. The molecule has 0 bridgehead atoms. The van der Waals surface area contributed by atoms with Crippen LogP contribution in [0.3, 0.4) is 0 Å². The van der Waals surface area contributed by atoms with E-state index in [4.69, 9.17) is 0 Å². The Labute approximate surface area is 109 Å². The van der Waals surface area contributed by atoms with Gasteiger partial charge in [0.15, 0.2) is 0 Å². The van der Waals surface area contributed by atoms with Crippen molar-refractivity contribution in [3.05, 3.63) is 29.8 Å². The monoisotopic (exact) mass is 246 g/mol. The van der Waals surface area contributed by atoms with Crippen LogP contribution in [0.4, 0.5) is 5.69 Å². The highest BCUT2D eigenvalue weighted by Gasteiger charge is 2.27. The number of hydrogen-bond acceptors (Lipinski definition) is 2. The maximum absolute atomic E-state index is 12.2. The largest absolute Gasteiger partial charge is 0.326 e. The Bertz CT molecular complexity index is 417. The average molecular weight is 246 g/mol. The molecule has 1 fully saturated rings. The van der Waals surface area contributed by atoms with Gasteiger partial charge in [0.2, 0.25) is 5.91 Å². The van der Waals surface area contributed by atoms with E-state index in [2.05, 4.69) is 36.6 Å². The lowest BCUT2D eigenvalue weighted by molar-refractivity contribution is -0.122. The molecule has 18 heavy (non-hydrogen) atoms. The molecule has 0 radical (unpaired) electrons. The van der Waals surface area contributed by atoms with E-state index in [0.717, 1.165) is 31.6 Å². The highest BCUT2D eigenvalue weighted by molar-refractivity contribution is 5.92. The molecular formula is C15H22N2O. The molecule has 1 saturated heterocycles. The van der Waals surface area contributed by atoms with Gasteiger partial charge in [0.05, 0.1) is 0 Å². The normalized spacial score (nSPS) is 23.7. The zero-order chi connectivity index (χ0) is 13.0. The summed E-state index contributed by atoms with van der Waals surface area (Å²) >= 11 is 0. The average Bonchev–Trinajstić information content (AvgIpc) is 2.39. The van der Waals surface area contributed by atoms with Crippen LogP contribution in [-0.4, -0.2) is 19.0 Å². The zero-order valence-electron chi connectivity index (χ0n) is 11.2. The number of benzene rings is 1. The van der Waals surface area contributed by atoms with E-state index in [-0.39, 0.29) is 11.8 Å². The topological polar surface area (TPSA) is 41.1 Å². The molecule has 2 N–H and O–H groups in total. The second-order valence-corrected chi connectivity index (χ2v) is 5.12. The lowest BCUT2D eigenvalue weighted by Gasteiger charge is -2.28. The maximum atomic E-state index is 12.2. The van der Waals surface area contributed by atoms with Crippen LogP contribution in [0.15, 0.2) is 24.3 Å². The van der Waals surface area contributed by atoms with Crippen molar-refractivity contribution in [2.24, 2.45) is 11.8 Å². The van der Waals surface area contributed by atoms with Crippen molar-refractivity contribution in [3.8, 4) is 0 Å². The lowest BCUT2D eigenvalue weighted by atomic mass is 9.87. The van der Waals surface area contributed by atoms with Crippen molar-refractivity contribution in [2.75, 3.05) is 18.4 Å².